The lowest BCUT2D eigenvalue weighted by Gasteiger charge is -2.46. The Labute approximate surface area is 170 Å². The van der Waals surface area contributed by atoms with Crippen molar-refractivity contribution in [3.63, 3.8) is 0 Å². The first-order chi connectivity index (χ1) is 13.7. The van der Waals surface area contributed by atoms with Crippen molar-refractivity contribution in [3.05, 3.63) is 12.2 Å². The minimum Gasteiger partial charge on any atom is -0.461 e. The summed E-state index contributed by atoms with van der Waals surface area (Å²) in [4.78, 5) is 12.2. The van der Waals surface area contributed by atoms with Gasteiger partial charge in [-0.1, -0.05) is 19.1 Å². The maximum Gasteiger partial charge on any atom is 0.309 e. The zero-order chi connectivity index (χ0) is 21.1. The topological polar surface area (TPSA) is 126 Å². The number of carbonyl (C=O) groups excluding carboxylic acids is 1. The van der Waals surface area contributed by atoms with E-state index in [0.29, 0.717) is 6.42 Å². The predicted molar refractivity (Wildman–Crippen MR) is 100 cm³/mol. The third-order valence-corrected chi connectivity index (χ3v) is 7.72. The van der Waals surface area contributed by atoms with Crippen molar-refractivity contribution in [2.24, 2.45) is 23.7 Å². The van der Waals surface area contributed by atoms with Crippen molar-refractivity contribution in [2.75, 3.05) is 6.61 Å². The first-order valence-electron chi connectivity index (χ1n) is 10.5. The molecular weight excluding hydrogens is 380 g/mol. The third kappa shape index (κ3) is 3.34. The van der Waals surface area contributed by atoms with Gasteiger partial charge >= 0.3 is 5.97 Å². The average Bonchev–Trinajstić information content (AvgIpc) is 3.17. The number of carbonyl (C=O) groups is 1. The van der Waals surface area contributed by atoms with Gasteiger partial charge in [0.1, 0.15) is 30.5 Å². The van der Waals surface area contributed by atoms with Gasteiger partial charge in [-0.15, -0.1) is 0 Å². The molecule has 0 aromatic rings. The van der Waals surface area contributed by atoms with Crippen molar-refractivity contribution in [2.45, 2.75) is 81.9 Å². The molecule has 2 heterocycles. The van der Waals surface area contributed by atoms with E-state index in [0.717, 1.165) is 24.8 Å². The van der Waals surface area contributed by atoms with Crippen LogP contribution in [0.5, 0.6) is 0 Å². The van der Waals surface area contributed by atoms with Crippen molar-refractivity contribution >= 4 is 5.97 Å². The monoisotopic (exact) mass is 412 g/mol. The number of hydrogen-bond acceptors (Lipinski definition) is 8. The van der Waals surface area contributed by atoms with Crippen LogP contribution in [0.25, 0.3) is 0 Å². The molecule has 0 amide bonds. The summed E-state index contributed by atoms with van der Waals surface area (Å²) in [7, 11) is 0. The fourth-order valence-electron chi connectivity index (χ4n) is 5.88. The molecule has 164 valence electrons. The minimum absolute atomic E-state index is 0.0220. The Hall–Kier alpha value is -1.03. The van der Waals surface area contributed by atoms with Crippen LogP contribution in [0.3, 0.4) is 0 Å². The molecular formula is C21H32O8. The Morgan fingerprint density at radius 2 is 1.93 bits per heavy atom. The maximum absolute atomic E-state index is 12.2. The molecule has 2 saturated carbocycles. The van der Waals surface area contributed by atoms with Crippen molar-refractivity contribution in [1.82, 2.24) is 0 Å². The average molecular weight is 412 g/mol. The SMILES string of the molecule is C=C1CC[C@@H]2[C@H]1[C@H]1OC(=O)[C@@H](C)[C@@H]1CC[C@]2(C)O[C@@H]1O[C@H](CO)[C@@H](O)[C@H](O)[C@H]1O. The number of hydrogen-bond donors (Lipinski definition) is 4. The van der Waals surface area contributed by atoms with Crippen LogP contribution >= 0.6 is 0 Å². The Morgan fingerprint density at radius 1 is 1.21 bits per heavy atom. The summed E-state index contributed by atoms with van der Waals surface area (Å²) < 4.78 is 17.7. The summed E-state index contributed by atoms with van der Waals surface area (Å²) in [6.45, 7) is 7.61. The molecule has 0 aromatic heterocycles. The molecule has 4 aliphatic rings. The second-order valence-electron chi connectivity index (χ2n) is 9.35. The van der Waals surface area contributed by atoms with E-state index in [1.165, 1.54) is 0 Å². The molecule has 4 rings (SSSR count). The molecule has 29 heavy (non-hydrogen) atoms. The van der Waals surface area contributed by atoms with Crippen LogP contribution in [-0.4, -0.2) is 75.4 Å². The highest BCUT2D eigenvalue weighted by molar-refractivity contribution is 5.75. The summed E-state index contributed by atoms with van der Waals surface area (Å²) >= 11 is 0. The summed E-state index contributed by atoms with van der Waals surface area (Å²) in [5, 5.41) is 40.0. The van der Waals surface area contributed by atoms with Gasteiger partial charge in [0, 0.05) is 11.8 Å². The Kier molecular flexibility index (Phi) is 5.55. The van der Waals surface area contributed by atoms with E-state index in [1.54, 1.807) is 0 Å². The number of aliphatic hydroxyl groups is 4. The normalized spacial score (nSPS) is 52.6. The number of aliphatic hydroxyl groups excluding tert-OH is 4. The number of esters is 1. The van der Waals surface area contributed by atoms with Gasteiger partial charge in [-0.25, -0.2) is 0 Å². The van der Waals surface area contributed by atoms with Crippen LogP contribution < -0.4 is 0 Å². The lowest BCUT2D eigenvalue weighted by atomic mass is 9.77. The fourth-order valence-corrected chi connectivity index (χ4v) is 5.88. The molecule has 0 unspecified atom stereocenters. The summed E-state index contributed by atoms with van der Waals surface area (Å²) in [6, 6.07) is 0. The van der Waals surface area contributed by atoms with Gasteiger partial charge in [0.05, 0.1) is 18.1 Å². The highest BCUT2D eigenvalue weighted by Gasteiger charge is 2.58. The Morgan fingerprint density at radius 3 is 2.62 bits per heavy atom. The molecule has 0 radical (unpaired) electrons. The highest BCUT2D eigenvalue weighted by Crippen LogP contribution is 2.55. The third-order valence-electron chi connectivity index (χ3n) is 7.72. The molecule has 8 heteroatoms. The van der Waals surface area contributed by atoms with Gasteiger partial charge in [0.15, 0.2) is 6.29 Å². The molecule has 4 fully saturated rings. The number of fused-ring (bicyclic) bond motifs is 3. The van der Waals surface area contributed by atoms with E-state index in [1.807, 2.05) is 13.8 Å². The number of ether oxygens (including phenoxy) is 3. The second kappa shape index (κ2) is 7.59. The Balaban J connectivity index is 1.60. The lowest BCUT2D eigenvalue weighted by molar-refractivity contribution is -0.332. The quantitative estimate of drug-likeness (QED) is 0.380. The zero-order valence-electron chi connectivity index (χ0n) is 16.9. The first kappa shape index (κ1) is 21.2. The first-order valence-corrected chi connectivity index (χ1v) is 10.5. The zero-order valence-corrected chi connectivity index (χ0v) is 16.9. The molecule has 0 spiro atoms. The van der Waals surface area contributed by atoms with Crippen LogP contribution in [0.15, 0.2) is 12.2 Å². The smallest absolute Gasteiger partial charge is 0.309 e. The minimum atomic E-state index is -1.48. The van der Waals surface area contributed by atoms with Crippen LogP contribution in [0.2, 0.25) is 0 Å². The van der Waals surface area contributed by atoms with E-state index in [9.17, 15) is 25.2 Å². The van der Waals surface area contributed by atoms with Crippen molar-refractivity contribution < 1.29 is 39.4 Å². The molecule has 8 nitrogen and oxygen atoms in total. The van der Waals surface area contributed by atoms with E-state index >= 15 is 0 Å². The summed E-state index contributed by atoms with van der Waals surface area (Å²) in [5.74, 6) is -0.243. The van der Waals surface area contributed by atoms with E-state index in [-0.39, 0.29) is 35.7 Å². The van der Waals surface area contributed by atoms with Crippen LogP contribution in [0, 0.1) is 23.7 Å². The second-order valence-corrected chi connectivity index (χ2v) is 9.35. The van der Waals surface area contributed by atoms with Gasteiger partial charge in [-0.2, -0.15) is 0 Å². The standard InChI is InChI=1S/C21H32O8/c1-9-4-5-12-14(9)18-11(10(2)19(26)28-18)6-7-21(12,3)29-20-17(25)16(24)15(23)13(8-22)27-20/h10-18,20,22-25H,1,4-8H2,2-3H3/t10-,11-,12+,13+,14-,15+,16-,17+,18-,20-,21-/m0/s1. The van der Waals surface area contributed by atoms with Gasteiger partial charge < -0.3 is 34.6 Å². The van der Waals surface area contributed by atoms with Crippen LogP contribution in [0.1, 0.15) is 39.5 Å². The van der Waals surface area contributed by atoms with E-state index < -0.39 is 42.9 Å². The fraction of sp³-hybridized carbons (Fsp3) is 0.857. The number of rotatable bonds is 3. The van der Waals surface area contributed by atoms with E-state index in [4.69, 9.17) is 14.2 Å². The Bertz CT molecular complexity index is 665. The highest BCUT2D eigenvalue weighted by atomic mass is 16.7. The summed E-state index contributed by atoms with van der Waals surface area (Å²) in [6.07, 6.45) is -3.73. The lowest BCUT2D eigenvalue weighted by Crippen LogP contribution is -2.61. The van der Waals surface area contributed by atoms with Crippen molar-refractivity contribution in [3.8, 4) is 0 Å². The molecule has 2 aliphatic carbocycles. The summed E-state index contributed by atoms with van der Waals surface area (Å²) in [5.41, 5.74) is 0.353. The molecule has 2 saturated heterocycles. The van der Waals surface area contributed by atoms with E-state index in [2.05, 4.69) is 6.58 Å². The largest absolute Gasteiger partial charge is 0.461 e. The molecule has 0 bridgehead atoms. The van der Waals surface area contributed by atoms with Gasteiger partial charge in [0.2, 0.25) is 0 Å². The maximum atomic E-state index is 12.2. The van der Waals surface area contributed by atoms with Crippen molar-refractivity contribution in [1.29, 1.82) is 0 Å². The molecule has 2 aliphatic heterocycles. The predicted octanol–water partition coefficient (Wildman–Crippen LogP) is 0.115. The molecule has 4 N–H and O–H groups in total. The van der Waals surface area contributed by atoms with Crippen LogP contribution in [0.4, 0.5) is 0 Å². The van der Waals surface area contributed by atoms with Gasteiger partial charge in [-0.05, 0) is 38.5 Å². The van der Waals surface area contributed by atoms with Gasteiger partial charge in [0.25, 0.3) is 0 Å². The van der Waals surface area contributed by atoms with Crippen LogP contribution in [-0.2, 0) is 19.0 Å². The molecule has 0 aromatic carbocycles. The molecule has 11 atom stereocenters. The van der Waals surface area contributed by atoms with Gasteiger partial charge in [-0.3, -0.25) is 4.79 Å².